The summed E-state index contributed by atoms with van der Waals surface area (Å²) in [5.74, 6) is 0.510. The molecule has 34 heavy (non-hydrogen) atoms. The highest BCUT2D eigenvalue weighted by atomic mass is 32.1. The average molecular weight is 474 g/mol. The van der Waals surface area contributed by atoms with Gasteiger partial charge >= 0.3 is 0 Å². The van der Waals surface area contributed by atoms with Crippen molar-refractivity contribution in [1.82, 2.24) is 4.57 Å². The highest BCUT2D eigenvalue weighted by Crippen LogP contribution is 2.30. The van der Waals surface area contributed by atoms with Gasteiger partial charge in [0, 0.05) is 11.8 Å². The number of para-hydroxylation sites is 1. The Bertz CT molecular complexity index is 1600. The zero-order chi connectivity index (χ0) is 23.8. The maximum absolute atomic E-state index is 13.7. The fraction of sp³-hybridized carbons (Fsp3) is 0.115. The number of aryl methyl sites for hydroxylation is 1. The molecule has 2 aromatic carbocycles. The molecule has 0 saturated carbocycles. The van der Waals surface area contributed by atoms with Crippen molar-refractivity contribution in [2.24, 2.45) is 4.99 Å². The Hall–Kier alpha value is -4.04. The molecule has 4 aromatic rings. The maximum atomic E-state index is 13.7. The largest absolute Gasteiger partial charge is 0.462 e. The average Bonchev–Trinajstić information content (AvgIpc) is 3.36. The van der Waals surface area contributed by atoms with Crippen LogP contribution in [0.3, 0.4) is 0 Å². The van der Waals surface area contributed by atoms with Crippen LogP contribution in [0.5, 0.6) is 0 Å². The molecule has 0 saturated heterocycles. The molecule has 3 heterocycles. The minimum absolute atomic E-state index is 0.301. The lowest BCUT2D eigenvalue weighted by molar-refractivity contribution is -0.113. The number of hydrogen-bond acceptors (Lipinski definition) is 5. The number of amides is 1. The first-order valence-corrected chi connectivity index (χ1v) is 11.4. The van der Waals surface area contributed by atoms with Crippen LogP contribution < -0.4 is 20.2 Å². The lowest BCUT2D eigenvalue weighted by atomic mass is 9.95. The summed E-state index contributed by atoms with van der Waals surface area (Å²) in [6.45, 7) is 3.57. The van der Waals surface area contributed by atoms with Crippen molar-refractivity contribution < 1.29 is 13.6 Å². The molecule has 0 fully saturated rings. The van der Waals surface area contributed by atoms with E-state index in [1.54, 1.807) is 43.3 Å². The first-order valence-electron chi connectivity index (χ1n) is 10.6. The highest BCUT2D eigenvalue weighted by molar-refractivity contribution is 7.07. The number of carbonyl (C=O) groups excluding carboxylic acids is 1. The van der Waals surface area contributed by atoms with Crippen LogP contribution in [0.25, 0.3) is 6.08 Å². The van der Waals surface area contributed by atoms with Gasteiger partial charge < -0.3 is 9.73 Å². The molecule has 2 aromatic heterocycles. The number of nitrogens with one attached hydrogen (secondary N) is 1. The number of nitrogens with zero attached hydrogens (tertiary/aromatic N) is 2. The number of allylic oxidation sites excluding steroid dienone is 1. The van der Waals surface area contributed by atoms with Crippen LogP contribution in [0.15, 0.2) is 92.2 Å². The predicted molar refractivity (Wildman–Crippen MR) is 129 cm³/mol. The Labute approximate surface area is 198 Å². The molecule has 1 aliphatic rings. The summed E-state index contributed by atoms with van der Waals surface area (Å²) in [7, 11) is 0. The minimum Gasteiger partial charge on any atom is -0.462 e. The topological polar surface area (TPSA) is 76.6 Å². The number of thiazole rings is 1. The van der Waals surface area contributed by atoms with Crippen LogP contribution in [-0.4, -0.2) is 10.5 Å². The number of aromatic nitrogens is 1. The molecule has 5 rings (SSSR count). The number of fused-ring (bicyclic) bond motifs is 1. The van der Waals surface area contributed by atoms with Gasteiger partial charge in [-0.3, -0.25) is 14.2 Å². The van der Waals surface area contributed by atoms with Gasteiger partial charge in [-0.05, 0) is 55.8 Å². The van der Waals surface area contributed by atoms with Crippen LogP contribution in [0.1, 0.15) is 30.0 Å². The van der Waals surface area contributed by atoms with Gasteiger partial charge in [-0.15, -0.1) is 0 Å². The van der Waals surface area contributed by atoms with Crippen molar-refractivity contribution in [3.05, 3.63) is 121 Å². The molecular weight excluding hydrogens is 453 g/mol. The quantitative estimate of drug-likeness (QED) is 0.488. The van der Waals surface area contributed by atoms with E-state index in [2.05, 4.69) is 10.3 Å². The third-order valence-corrected chi connectivity index (χ3v) is 6.50. The summed E-state index contributed by atoms with van der Waals surface area (Å²) < 4.78 is 21.2. The molecule has 8 heteroatoms. The van der Waals surface area contributed by atoms with E-state index in [1.165, 1.54) is 28.0 Å². The lowest BCUT2D eigenvalue weighted by Crippen LogP contribution is -2.40. The zero-order valence-electron chi connectivity index (χ0n) is 18.4. The fourth-order valence-corrected chi connectivity index (χ4v) is 4.98. The van der Waals surface area contributed by atoms with E-state index in [0.717, 1.165) is 5.76 Å². The number of carbonyl (C=O) groups is 1. The van der Waals surface area contributed by atoms with Gasteiger partial charge in [0.2, 0.25) is 0 Å². The highest BCUT2D eigenvalue weighted by Gasteiger charge is 2.32. The van der Waals surface area contributed by atoms with Crippen LogP contribution in [-0.2, 0) is 4.79 Å². The third kappa shape index (κ3) is 4.04. The second-order valence-electron chi connectivity index (χ2n) is 7.90. The summed E-state index contributed by atoms with van der Waals surface area (Å²) in [6.07, 6.45) is 1.67. The molecule has 0 bridgehead atoms. The van der Waals surface area contributed by atoms with Crippen molar-refractivity contribution in [1.29, 1.82) is 0 Å². The number of hydrogen-bond donors (Lipinski definition) is 1. The van der Waals surface area contributed by atoms with Crippen LogP contribution in [0.4, 0.5) is 10.1 Å². The first-order chi connectivity index (χ1) is 16.4. The normalized spacial score (nSPS) is 15.7. The van der Waals surface area contributed by atoms with Gasteiger partial charge in [0.1, 0.15) is 17.3 Å². The van der Waals surface area contributed by atoms with E-state index in [1.807, 2.05) is 31.2 Å². The molecule has 1 atom stereocenters. The zero-order valence-corrected chi connectivity index (χ0v) is 19.2. The summed E-state index contributed by atoms with van der Waals surface area (Å²) in [4.78, 5) is 32.0. The fourth-order valence-electron chi connectivity index (χ4n) is 3.95. The second-order valence-corrected chi connectivity index (χ2v) is 8.91. The molecule has 1 amide bonds. The standard InChI is InChI=1S/C26H20FN3O3S/c1-15-8-13-20(33-15)14-21-25(32)30-23(17-9-11-18(27)12-10-17)22(16(2)28-26(30)34-21)24(31)29-19-6-4-3-5-7-19/h3-14,23H,1-2H3,(H,29,31). The van der Waals surface area contributed by atoms with Gasteiger partial charge in [-0.25, -0.2) is 9.38 Å². The van der Waals surface area contributed by atoms with Crippen LogP contribution in [0.2, 0.25) is 0 Å². The van der Waals surface area contributed by atoms with E-state index < -0.39 is 11.9 Å². The van der Waals surface area contributed by atoms with Gasteiger partial charge in [0.25, 0.3) is 11.5 Å². The van der Waals surface area contributed by atoms with Gasteiger partial charge in [-0.2, -0.15) is 0 Å². The number of furan rings is 1. The Morgan fingerprint density at radius 1 is 1.09 bits per heavy atom. The first kappa shape index (κ1) is 21.8. The van der Waals surface area contributed by atoms with Crippen LogP contribution in [0, 0.1) is 12.7 Å². The maximum Gasteiger partial charge on any atom is 0.271 e. The van der Waals surface area contributed by atoms with E-state index in [-0.39, 0.29) is 11.5 Å². The molecule has 1 aliphatic heterocycles. The van der Waals surface area contributed by atoms with Crippen molar-refractivity contribution in [2.75, 3.05) is 5.32 Å². The van der Waals surface area contributed by atoms with Gasteiger partial charge in [-0.1, -0.05) is 41.7 Å². The Morgan fingerprint density at radius 3 is 2.50 bits per heavy atom. The van der Waals surface area contributed by atoms with Crippen molar-refractivity contribution in [2.45, 2.75) is 19.9 Å². The lowest BCUT2D eigenvalue weighted by Gasteiger charge is -2.25. The Balaban J connectivity index is 1.68. The van der Waals surface area contributed by atoms with E-state index in [4.69, 9.17) is 4.42 Å². The number of halogens is 1. The van der Waals surface area contributed by atoms with Crippen LogP contribution >= 0.6 is 11.3 Å². The second kappa shape index (κ2) is 8.72. The van der Waals surface area contributed by atoms with Gasteiger partial charge in [0.05, 0.1) is 21.8 Å². The van der Waals surface area contributed by atoms with Crippen molar-refractivity contribution in [3.8, 4) is 0 Å². The molecule has 0 spiro atoms. The van der Waals surface area contributed by atoms with Crippen molar-refractivity contribution >= 4 is 29.0 Å². The summed E-state index contributed by atoms with van der Waals surface area (Å²) in [5.41, 5.74) is 1.74. The summed E-state index contributed by atoms with van der Waals surface area (Å²) >= 11 is 1.22. The molecule has 0 aliphatic carbocycles. The predicted octanol–water partition coefficient (Wildman–Crippen LogP) is 3.91. The van der Waals surface area contributed by atoms with Gasteiger partial charge in [0.15, 0.2) is 4.80 Å². The number of anilines is 1. The van der Waals surface area contributed by atoms with E-state index in [9.17, 15) is 14.0 Å². The van der Waals surface area contributed by atoms with E-state index in [0.29, 0.717) is 37.6 Å². The Kier molecular flexibility index (Phi) is 5.59. The Morgan fingerprint density at radius 2 is 1.82 bits per heavy atom. The smallest absolute Gasteiger partial charge is 0.271 e. The van der Waals surface area contributed by atoms with E-state index >= 15 is 0 Å². The molecule has 170 valence electrons. The molecule has 6 nitrogen and oxygen atoms in total. The summed E-state index contributed by atoms with van der Waals surface area (Å²) in [6, 6.07) is 17.7. The molecular formula is C26H20FN3O3S. The minimum atomic E-state index is -0.763. The van der Waals surface area contributed by atoms with Crippen molar-refractivity contribution in [3.63, 3.8) is 0 Å². The number of rotatable bonds is 4. The molecule has 0 radical (unpaired) electrons. The number of benzene rings is 2. The SMILES string of the molecule is CC1=C(C(=O)Nc2ccccc2)C(c2ccc(F)cc2)n2c(sc(=Cc3ccc(C)o3)c2=O)=N1. The summed E-state index contributed by atoms with van der Waals surface area (Å²) in [5, 5.41) is 2.89. The monoisotopic (exact) mass is 473 g/mol. The third-order valence-electron chi connectivity index (χ3n) is 5.52. The molecule has 1 unspecified atom stereocenters. The molecule has 1 N–H and O–H groups in total.